The highest BCUT2D eigenvalue weighted by Gasteiger charge is 2.36. The summed E-state index contributed by atoms with van der Waals surface area (Å²) in [6, 6.07) is 5.92. The molecule has 1 unspecified atom stereocenters. The van der Waals surface area contributed by atoms with Gasteiger partial charge in [-0.2, -0.15) is 0 Å². The first-order valence-electron chi connectivity index (χ1n) is 6.12. The Balaban J connectivity index is 2.15. The van der Waals surface area contributed by atoms with Crippen molar-refractivity contribution in [2.24, 2.45) is 5.92 Å². The molecular weight excluding hydrogens is 222 g/mol. The molecule has 1 fully saturated rings. The van der Waals surface area contributed by atoms with Crippen LogP contribution in [0.3, 0.4) is 0 Å². The maximum absolute atomic E-state index is 13.1. The van der Waals surface area contributed by atoms with Crippen molar-refractivity contribution in [1.29, 1.82) is 0 Å². The predicted molar refractivity (Wildman–Crippen MR) is 62.8 cm³/mol. The molecule has 1 nitrogen and oxygen atoms in total. The molecule has 0 amide bonds. The fraction of sp³-hybridized carbons (Fsp3) is 0.571. The van der Waals surface area contributed by atoms with Gasteiger partial charge >= 0.3 is 0 Å². The molecule has 1 atom stereocenters. The van der Waals surface area contributed by atoms with Gasteiger partial charge in [0.05, 0.1) is 5.60 Å². The average Bonchev–Trinajstić information content (AvgIpc) is 2.30. The molecule has 1 saturated carbocycles. The average molecular weight is 240 g/mol. The summed E-state index contributed by atoms with van der Waals surface area (Å²) < 4.78 is 25.9. The van der Waals surface area contributed by atoms with E-state index in [1.165, 1.54) is 12.1 Å². The molecule has 1 N–H and O–H groups in total. The Bertz CT molecular complexity index is 364. The van der Waals surface area contributed by atoms with Gasteiger partial charge in [-0.25, -0.2) is 8.78 Å². The monoisotopic (exact) mass is 240 g/mol. The summed E-state index contributed by atoms with van der Waals surface area (Å²) >= 11 is 0. The summed E-state index contributed by atoms with van der Waals surface area (Å²) in [6.45, 7) is 1.74. The van der Waals surface area contributed by atoms with Crippen molar-refractivity contribution in [2.45, 2.75) is 44.4 Å². The highest BCUT2D eigenvalue weighted by molar-refractivity contribution is 5.23. The van der Waals surface area contributed by atoms with E-state index >= 15 is 0 Å². The van der Waals surface area contributed by atoms with Gasteiger partial charge in [-0.15, -0.1) is 0 Å². The van der Waals surface area contributed by atoms with Gasteiger partial charge in [0.1, 0.15) is 12.0 Å². The quantitative estimate of drug-likeness (QED) is 0.838. The first-order valence-corrected chi connectivity index (χ1v) is 6.12. The summed E-state index contributed by atoms with van der Waals surface area (Å²) in [7, 11) is 0. The molecule has 0 heterocycles. The number of halogens is 2. The maximum atomic E-state index is 13.1. The van der Waals surface area contributed by atoms with E-state index in [0.29, 0.717) is 31.2 Å². The SMILES string of the molecule is CC(O)(c1ccc(F)cc1)C1CCC(F)CC1. The van der Waals surface area contributed by atoms with Crippen LogP contribution in [-0.2, 0) is 5.60 Å². The van der Waals surface area contributed by atoms with Gasteiger partial charge in [0.25, 0.3) is 0 Å². The summed E-state index contributed by atoms with van der Waals surface area (Å²) in [4.78, 5) is 0. The Morgan fingerprint density at radius 1 is 1.12 bits per heavy atom. The number of rotatable bonds is 2. The van der Waals surface area contributed by atoms with Gasteiger partial charge in [0.2, 0.25) is 0 Å². The lowest BCUT2D eigenvalue weighted by molar-refractivity contribution is -0.0297. The third kappa shape index (κ3) is 2.65. The number of benzene rings is 1. The number of hydrogen-bond donors (Lipinski definition) is 1. The Morgan fingerprint density at radius 3 is 2.18 bits per heavy atom. The Morgan fingerprint density at radius 2 is 1.65 bits per heavy atom. The van der Waals surface area contributed by atoms with Crippen LogP contribution >= 0.6 is 0 Å². The van der Waals surface area contributed by atoms with Gasteiger partial charge in [0, 0.05) is 0 Å². The smallest absolute Gasteiger partial charge is 0.123 e. The van der Waals surface area contributed by atoms with Crippen LogP contribution in [0, 0.1) is 11.7 Å². The lowest BCUT2D eigenvalue weighted by Gasteiger charge is -2.36. The first-order chi connectivity index (χ1) is 8.00. The highest BCUT2D eigenvalue weighted by Crippen LogP contribution is 2.39. The lowest BCUT2D eigenvalue weighted by atomic mass is 9.74. The van der Waals surface area contributed by atoms with Crippen LogP contribution in [0.2, 0.25) is 0 Å². The van der Waals surface area contributed by atoms with Gasteiger partial charge in [-0.3, -0.25) is 0 Å². The second-order valence-corrected chi connectivity index (χ2v) is 5.10. The van der Waals surface area contributed by atoms with Crippen LogP contribution in [0.4, 0.5) is 8.78 Å². The summed E-state index contributed by atoms with van der Waals surface area (Å²) in [5.74, 6) is -0.253. The van der Waals surface area contributed by atoms with E-state index in [4.69, 9.17) is 0 Å². The van der Waals surface area contributed by atoms with E-state index < -0.39 is 11.8 Å². The zero-order chi connectivity index (χ0) is 12.5. The molecule has 1 aliphatic rings. The standard InChI is InChI=1S/C14H18F2O/c1-14(17,10-2-6-12(15)7-3-10)11-4-8-13(16)9-5-11/h2-3,6-7,11,13,17H,4-5,8-9H2,1H3. The molecule has 3 heteroatoms. The molecule has 0 saturated heterocycles. The Kier molecular flexibility index (Phi) is 3.48. The topological polar surface area (TPSA) is 20.2 Å². The van der Waals surface area contributed by atoms with Gasteiger partial charge in [0.15, 0.2) is 0 Å². The van der Waals surface area contributed by atoms with E-state index in [1.807, 2.05) is 0 Å². The third-order valence-corrected chi connectivity index (χ3v) is 3.88. The molecule has 0 spiro atoms. The van der Waals surface area contributed by atoms with Crippen molar-refractivity contribution in [2.75, 3.05) is 0 Å². The Labute approximate surface area is 100 Å². The molecule has 1 aromatic rings. The van der Waals surface area contributed by atoms with Crippen LogP contribution in [0.15, 0.2) is 24.3 Å². The minimum Gasteiger partial charge on any atom is -0.385 e. The lowest BCUT2D eigenvalue weighted by Crippen LogP contribution is -2.35. The van der Waals surface area contributed by atoms with Gasteiger partial charge in [-0.1, -0.05) is 12.1 Å². The summed E-state index contributed by atoms with van der Waals surface area (Å²) in [5.41, 5.74) is -0.283. The molecule has 2 rings (SSSR count). The second-order valence-electron chi connectivity index (χ2n) is 5.10. The first kappa shape index (κ1) is 12.5. The van der Waals surface area contributed by atoms with Gasteiger partial charge < -0.3 is 5.11 Å². The van der Waals surface area contributed by atoms with Crippen LogP contribution in [0.25, 0.3) is 0 Å². The third-order valence-electron chi connectivity index (χ3n) is 3.88. The van der Waals surface area contributed by atoms with E-state index in [-0.39, 0.29) is 11.7 Å². The van der Waals surface area contributed by atoms with Crippen molar-refractivity contribution in [3.05, 3.63) is 35.6 Å². The fourth-order valence-corrected chi connectivity index (χ4v) is 2.64. The minimum atomic E-state index is -0.992. The van der Waals surface area contributed by atoms with E-state index in [2.05, 4.69) is 0 Å². The zero-order valence-corrected chi connectivity index (χ0v) is 10.00. The van der Waals surface area contributed by atoms with E-state index in [1.54, 1.807) is 19.1 Å². The van der Waals surface area contributed by atoms with Crippen molar-refractivity contribution in [3.63, 3.8) is 0 Å². The summed E-state index contributed by atoms with van der Waals surface area (Å²) in [6.07, 6.45) is 1.68. The molecule has 0 aromatic heterocycles. The van der Waals surface area contributed by atoms with Crippen LogP contribution in [0.5, 0.6) is 0 Å². The molecule has 0 bridgehead atoms. The largest absolute Gasteiger partial charge is 0.385 e. The van der Waals surface area contributed by atoms with Crippen molar-refractivity contribution in [3.8, 4) is 0 Å². The number of aliphatic hydroxyl groups is 1. The van der Waals surface area contributed by atoms with E-state index in [9.17, 15) is 13.9 Å². The second kappa shape index (κ2) is 4.73. The Hall–Kier alpha value is -0.960. The maximum Gasteiger partial charge on any atom is 0.123 e. The molecule has 1 aromatic carbocycles. The van der Waals surface area contributed by atoms with Crippen LogP contribution < -0.4 is 0 Å². The molecule has 17 heavy (non-hydrogen) atoms. The predicted octanol–water partition coefficient (Wildman–Crippen LogP) is 3.56. The summed E-state index contributed by atoms with van der Waals surface area (Å²) in [5, 5.41) is 10.5. The molecule has 0 radical (unpaired) electrons. The zero-order valence-electron chi connectivity index (χ0n) is 10.00. The normalized spacial score (nSPS) is 28.7. The molecule has 1 aliphatic carbocycles. The van der Waals surface area contributed by atoms with Crippen LogP contribution in [-0.4, -0.2) is 11.3 Å². The van der Waals surface area contributed by atoms with E-state index in [0.717, 1.165) is 0 Å². The highest BCUT2D eigenvalue weighted by atomic mass is 19.1. The fourth-order valence-electron chi connectivity index (χ4n) is 2.64. The minimum absolute atomic E-state index is 0.0555. The molecule has 0 aliphatic heterocycles. The van der Waals surface area contributed by atoms with Crippen molar-refractivity contribution < 1.29 is 13.9 Å². The van der Waals surface area contributed by atoms with Crippen molar-refractivity contribution in [1.82, 2.24) is 0 Å². The number of hydrogen-bond acceptors (Lipinski definition) is 1. The molecular formula is C14H18F2O. The van der Waals surface area contributed by atoms with Gasteiger partial charge in [-0.05, 0) is 56.2 Å². The number of alkyl halides is 1. The van der Waals surface area contributed by atoms with Crippen LogP contribution in [0.1, 0.15) is 38.2 Å². The molecule has 94 valence electrons. The van der Waals surface area contributed by atoms with Crippen molar-refractivity contribution >= 4 is 0 Å².